The van der Waals surface area contributed by atoms with Crippen molar-refractivity contribution in [1.29, 1.82) is 5.26 Å². The van der Waals surface area contributed by atoms with E-state index in [0.29, 0.717) is 12.8 Å². The van der Waals surface area contributed by atoms with Gasteiger partial charge in [0.2, 0.25) is 0 Å². The molecule has 0 heterocycles. The normalized spacial score (nSPS) is 11.8. The van der Waals surface area contributed by atoms with Crippen molar-refractivity contribution in [3.63, 3.8) is 0 Å². The molecule has 0 radical (unpaired) electrons. The Morgan fingerprint density at radius 1 is 1.67 bits per heavy atom. The molecular formula is C7H11NO4. The lowest BCUT2D eigenvalue weighted by Crippen LogP contribution is -2.26. The van der Waals surface area contributed by atoms with Gasteiger partial charge in [0, 0.05) is 6.42 Å². The van der Waals surface area contributed by atoms with E-state index < -0.39 is 18.7 Å². The van der Waals surface area contributed by atoms with Crippen LogP contribution in [0.2, 0.25) is 0 Å². The van der Waals surface area contributed by atoms with Crippen LogP contribution in [-0.2, 0) is 9.53 Å². The monoisotopic (exact) mass is 173 g/mol. The van der Waals surface area contributed by atoms with Gasteiger partial charge in [0.1, 0.15) is 0 Å². The Balaban J connectivity index is 3.39. The van der Waals surface area contributed by atoms with Crippen molar-refractivity contribution in [3.05, 3.63) is 0 Å². The Bertz CT molecular complexity index is 175. The van der Waals surface area contributed by atoms with E-state index in [-0.39, 0.29) is 6.61 Å². The summed E-state index contributed by atoms with van der Waals surface area (Å²) >= 11 is 0. The Kier molecular flexibility index (Phi) is 5.97. The van der Waals surface area contributed by atoms with Crippen LogP contribution in [-0.4, -0.2) is 35.5 Å². The highest BCUT2D eigenvalue weighted by molar-refractivity contribution is 5.74. The number of carbonyl (C=O) groups is 1. The first-order chi connectivity index (χ1) is 5.72. The molecule has 5 heteroatoms. The van der Waals surface area contributed by atoms with Gasteiger partial charge in [-0.1, -0.05) is 0 Å². The van der Waals surface area contributed by atoms with Gasteiger partial charge in [0.15, 0.2) is 6.10 Å². The van der Waals surface area contributed by atoms with Crippen molar-refractivity contribution in [3.8, 4) is 6.07 Å². The predicted octanol–water partition coefficient (Wildman–Crippen LogP) is -0.813. The Morgan fingerprint density at radius 2 is 2.33 bits per heavy atom. The zero-order valence-corrected chi connectivity index (χ0v) is 6.56. The van der Waals surface area contributed by atoms with Crippen molar-refractivity contribution < 1.29 is 19.7 Å². The molecule has 0 amide bonds. The number of carbonyl (C=O) groups excluding carboxylic acids is 1. The van der Waals surface area contributed by atoms with Gasteiger partial charge in [-0.15, -0.1) is 0 Å². The highest BCUT2D eigenvalue weighted by Gasteiger charge is 2.14. The summed E-state index contributed by atoms with van der Waals surface area (Å²) in [5.74, 6) is -0.851. The highest BCUT2D eigenvalue weighted by atomic mass is 16.5. The zero-order chi connectivity index (χ0) is 9.40. The van der Waals surface area contributed by atoms with Gasteiger partial charge in [-0.05, 0) is 6.42 Å². The molecule has 0 spiro atoms. The van der Waals surface area contributed by atoms with Crippen LogP contribution in [0.3, 0.4) is 0 Å². The number of ether oxygens (including phenoxy) is 1. The minimum Gasteiger partial charge on any atom is -0.464 e. The summed E-state index contributed by atoms with van der Waals surface area (Å²) in [7, 11) is 0. The number of esters is 1. The summed E-state index contributed by atoms with van der Waals surface area (Å²) in [6.45, 7) is -0.541. The number of rotatable bonds is 5. The Hall–Kier alpha value is -1.12. The quantitative estimate of drug-likeness (QED) is 0.419. The van der Waals surface area contributed by atoms with Crippen LogP contribution in [0.25, 0.3) is 0 Å². The van der Waals surface area contributed by atoms with Gasteiger partial charge < -0.3 is 14.9 Å². The van der Waals surface area contributed by atoms with Crippen LogP contribution in [0.5, 0.6) is 0 Å². The van der Waals surface area contributed by atoms with Crippen molar-refractivity contribution in [2.45, 2.75) is 18.9 Å². The van der Waals surface area contributed by atoms with Gasteiger partial charge in [-0.2, -0.15) is 5.26 Å². The molecule has 12 heavy (non-hydrogen) atoms. The van der Waals surface area contributed by atoms with Gasteiger partial charge in [0.05, 0.1) is 19.3 Å². The van der Waals surface area contributed by atoms with Gasteiger partial charge in [-0.25, -0.2) is 4.79 Å². The number of aliphatic hydroxyl groups is 2. The molecule has 0 saturated carbocycles. The summed E-state index contributed by atoms with van der Waals surface area (Å²) in [5, 5.41) is 25.1. The van der Waals surface area contributed by atoms with Crippen molar-refractivity contribution in [2.24, 2.45) is 0 Å². The van der Waals surface area contributed by atoms with E-state index >= 15 is 0 Å². The number of unbranched alkanes of at least 4 members (excludes halogenated alkanes) is 1. The van der Waals surface area contributed by atoms with E-state index in [2.05, 4.69) is 4.74 Å². The molecule has 0 bridgehead atoms. The minimum atomic E-state index is -1.47. The fourth-order valence-electron chi connectivity index (χ4n) is 0.495. The molecule has 2 N–H and O–H groups in total. The fourth-order valence-corrected chi connectivity index (χ4v) is 0.495. The fraction of sp³-hybridized carbons (Fsp3) is 0.714. The van der Waals surface area contributed by atoms with Crippen LogP contribution in [0.4, 0.5) is 0 Å². The molecule has 0 aromatic carbocycles. The maximum absolute atomic E-state index is 10.6. The summed E-state index contributed by atoms with van der Waals surface area (Å²) in [6, 6.07) is 1.88. The molecule has 5 nitrogen and oxygen atoms in total. The summed E-state index contributed by atoms with van der Waals surface area (Å²) in [5.41, 5.74) is 0. The first kappa shape index (κ1) is 10.9. The SMILES string of the molecule is N#CCCCOC(=O)C(O)CO. The van der Waals surface area contributed by atoms with Gasteiger partial charge >= 0.3 is 5.97 Å². The molecule has 0 aromatic heterocycles. The molecule has 0 saturated heterocycles. The molecular weight excluding hydrogens is 162 g/mol. The minimum absolute atomic E-state index is 0.101. The molecule has 0 aromatic rings. The lowest BCUT2D eigenvalue weighted by atomic mass is 10.3. The Labute approximate surface area is 70.2 Å². The van der Waals surface area contributed by atoms with Gasteiger partial charge in [0.25, 0.3) is 0 Å². The van der Waals surface area contributed by atoms with Crippen LogP contribution in [0, 0.1) is 11.3 Å². The maximum atomic E-state index is 10.6. The molecule has 0 rings (SSSR count). The summed E-state index contributed by atoms with van der Waals surface area (Å²) < 4.78 is 4.50. The molecule has 0 aliphatic heterocycles. The van der Waals surface area contributed by atoms with E-state index in [1.54, 1.807) is 0 Å². The van der Waals surface area contributed by atoms with Crippen molar-refractivity contribution >= 4 is 5.97 Å². The third kappa shape index (κ3) is 4.66. The van der Waals surface area contributed by atoms with Crippen LogP contribution in [0.15, 0.2) is 0 Å². The smallest absolute Gasteiger partial charge is 0.337 e. The highest BCUT2D eigenvalue weighted by Crippen LogP contribution is 1.92. The number of hydrogen-bond donors (Lipinski definition) is 2. The summed E-state index contributed by atoms with van der Waals surface area (Å²) in [4.78, 5) is 10.6. The molecule has 1 atom stereocenters. The number of nitriles is 1. The third-order valence-electron chi connectivity index (χ3n) is 1.12. The first-order valence-corrected chi connectivity index (χ1v) is 3.55. The van der Waals surface area contributed by atoms with E-state index in [0.717, 1.165) is 0 Å². The number of nitrogens with zero attached hydrogens (tertiary/aromatic N) is 1. The van der Waals surface area contributed by atoms with Crippen molar-refractivity contribution in [1.82, 2.24) is 0 Å². The van der Waals surface area contributed by atoms with E-state index in [4.69, 9.17) is 15.5 Å². The second-order valence-electron chi connectivity index (χ2n) is 2.13. The maximum Gasteiger partial charge on any atom is 0.337 e. The largest absolute Gasteiger partial charge is 0.464 e. The zero-order valence-electron chi connectivity index (χ0n) is 6.56. The van der Waals surface area contributed by atoms with Crippen LogP contribution < -0.4 is 0 Å². The second kappa shape index (κ2) is 6.58. The molecule has 0 aliphatic rings. The van der Waals surface area contributed by atoms with E-state index in [1.807, 2.05) is 6.07 Å². The lowest BCUT2D eigenvalue weighted by molar-refractivity contribution is -0.155. The van der Waals surface area contributed by atoms with Crippen LogP contribution >= 0.6 is 0 Å². The molecule has 68 valence electrons. The Morgan fingerprint density at radius 3 is 2.83 bits per heavy atom. The number of aliphatic hydroxyl groups excluding tert-OH is 2. The summed E-state index contributed by atoms with van der Waals surface area (Å²) in [6.07, 6.45) is -0.713. The topological polar surface area (TPSA) is 90.5 Å². The lowest BCUT2D eigenvalue weighted by Gasteiger charge is -2.06. The average Bonchev–Trinajstić information content (AvgIpc) is 2.10. The standard InChI is InChI=1S/C7H11NO4/c8-3-1-2-4-12-7(11)6(10)5-9/h6,9-10H,1-2,4-5H2. The molecule has 1 unspecified atom stereocenters. The number of hydrogen-bond acceptors (Lipinski definition) is 5. The van der Waals surface area contributed by atoms with Gasteiger partial charge in [-0.3, -0.25) is 0 Å². The predicted molar refractivity (Wildman–Crippen MR) is 38.9 cm³/mol. The van der Waals surface area contributed by atoms with Crippen molar-refractivity contribution in [2.75, 3.05) is 13.2 Å². The third-order valence-corrected chi connectivity index (χ3v) is 1.12. The van der Waals surface area contributed by atoms with E-state index in [1.165, 1.54) is 0 Å². The average molecular weight is 173 g/mol. The second-order valence-corrected chi connectivity index (χ2v) is 2.13. The molecule has 0 aliphatic carbocycles. The van der Waals surface area contributed by atoms with Crippen LogP contribution in [0.1, 0.15) is 12.8 Å². The molecule has 0 fully saturated rings. The van der Waals surface area contributed by atoms with E-state index in [9.17, 15) is 4.79 Å². The first-order valence-electron chi connectivity index (χ1n) is 3.55.